The second-order valence-corrected chi connectivity index (χ2v) is 12.2. The van der Waals surface area contributed by atoms with E-state index in [0.29, 0.717) is 39.0 Å². The van der Waals surface area contributed by atoms with Crippen LogP contribution in [0.25, 0.3) is 0 Å². The molecule has 2 fully saturated rings. The molecule has 26 heavy (non-hydrogen) atoms. The molecule has 7 nitrogen and oxygen atoms in total. The number of nitrogens with zero attached hydrogens (tertiary/aromatic N) is 2. The Bertz CT molecular complexity index is 625. The van der Waals surface area contributed by atoms with Crippen LogP contribution in [0.4, 0.5) is 4.79 Å². The first-order valence-electron chi connectivity index (χ1n) is 9.26. The Hall–Kier alpha value is -0.860. The second kappa shape index (κ2) is 6.95. The number of likely N-dealkylation sites (tertiary alicyclic amines) is 1. The van der Waals surface area contributed by atoms with E-state index in [2.05, 4.69) is 0 Å². The van der Waals surface area contributed by atoms with Gasteiger partial charge in [0.1, 0.15) is 5.60 Å². The topological polar surface area (TPSA) is 76.2 Å². The smallest absolute Gasteiger partial charge is 0.410 e. The van der Waals surface area contributed by atoms with Crippen molar-refractivity contribution in [3.05, 3.63) is 0 Å². The number of carbonyl (C=O) groups is 1. The number of carbonyl (C=O) groups excluding carboxylic acids is 1. The molecule has 0 saturated carbocycles. The largest absolute Gasteiger partial charge is 0.444 e. The molecule has 2 aliphatic heterocycles. The van der Waals surface area contributed by atoms with Crippen molar-refractivity contribution in [1.82, 2.24) is 9.21 Å². The van der Waals surface area contributed by atoms with E-state index >= 15 is 0 Å². The zero-order valence-corrected chi connectivity index (χ0v) is 18.0. The average Bonchev–Trinajstić information content (AvgIpc) is 2.88. The molecule has 0 aliphatic carbocycles. The molecule has 1 atom stereocenters. The predicted molar refractivity (Wildman–Crippen MR) is 101 cm³/mol. The SMILES string of the molecule is CN([C@H]1COC2(CCN(C(=O)OC(C)(C)C)CC2)C1)S(=O)(=O)C(C)(C)C. The van der Waals surface area contributed by atoms with Gasteiger partial charge in [-0.2, -0.15) is 4.31 Å². The van der Waals surface area contributed by atoms with Gasteiger partial charge < -0.3 is 14.4 Å². The van der Waals surface area contributed by atoms with Crippen LogP contribution in [0, 0.1) is 0 Å². The van der Waals surface area contributed by atoms with Gasteiger partial charge in [-0.1, -0.05) is 0 Å². The summed E-state index contributed by atoms with van der Waals surface area (Å²) in [6.07, 6.45) is 1.77. The van der Waals surface area contributed by atoms with Gasteiger partial charge in [-0.3, -0.25) is 0 Å². The molecule has 0 bridgehead atoms. The van der Waals surface area contributed by atoms with Crippen molar-refractivity contribution in [1.29, 1.82) is 0 Å². The molecule has 2 saturated heterocycles. The summed E-state index contributed by atoms with van der Waals surface area (Å²) in [5, 5.41) is 0. The molecule has 0 aromatic heterocycles. The van der Waals surface area contributed by atoms with Gasteiger partial charge in [-0.15, -0.1) is 0 Å². The third kappa shape index (κ3) is 4.51. The summed E-state index contributed by atoms with van der Waals surface area (Å²) in [7, 11) is -1.75. The van der Waals surface area contributed by atoms with Gasteiger partial charge in [0, 0.05) is 20.1 Å². The van der Waals surface area contributed by atoms with Gasteiger partial charge in [0.15, 0.2) is 0 Å². The lowest BCUT2D eigenvalue weighted by atomic mass is 9.87. The van der Waals surface area contributed by atoms with Gasteiger partial charge in [0.05, 0.1) is 23.0 Å². The highest BCUT2D eigenvalue weighted by molar-refractivity contribution is 7.90. The maximum atomic E-state index is 12.7. The van der Waals surface area contributed by atoms with Crippen molar-refractivity contribution in [2.75, 3.05) is 26.7 Å². The summed E-state index contributed by atoms with van der Waals surface area (Å²) in [5.74, 6) is 0. The molecule has 2 aliphatic rings. The average molecular weight is 391 g/mol. The van der Waals surface area contributed by atoms with E-state index in [1.165, 1.54) is 4.31 Å². The first-order valence-corrected chi connectivity index (χ1v) is 10.7. The number of ether oxygens (including phenoxy) is 2. The van der Waals surface area contributed by atoms with Crippen molar-refractivity contribution < 1.29 is 22.7 Å². The van der Waals surface area contributed by atoms with Crippen molar-refractivity contribution in [3.63, 3.8) is 0 Å². The summed E-state index contributed by atoms with van der Waals surface area (Å²) < 4.78 is 37.5. The van der Waals surface area contributed by atoms with Crippen molar-refractivity contribution in [2.24, 2.45) is 0 Å². The van der Waals surface area contributed by atoms with E-state index in [-0.39, 0.29) is 17.7 Å². The van der Waals surface area contributed by atoms with E-state index in [1.807, 2.05) is 20.8 Å². The van der Waals surface area contributed by atoms with Crippen molar-refractivity contribution in [2.45, 2.75) is 82.8 Å². The second-order valence-electron chi connectivity index (χ2n) is 9.45. The quantitative estimate of drug-likeness (QED) is 0.724. The summed E-state index contributed by atoms with van der Waals surface area (Å²) in [6, 6.07) is -0.160. The normalized spacial score (nSPS) is 24.3. The minimum atomic E-state index is -3.39. The molecule has 0 N–H and O–H groups in total. The first-order chi connectivity index (χ1) is 11.7. The van der Waals surface area contributed by atoms with E-state index < -0.39 is 20.4 Å². The lowest BCUT2D eigenvalue weighted by Gasteiger charge is -2.39. The maximum Gasteiger partial charge on any atom is 0.410 e. The Kier molecular flexibility index (Phi) is 5.73. The first kappa shape index (κ1) is 21.4. The maximum absolute atomic E-state index is 12.7. The van der Waals surface area contributed by atoms with Crippen LogP contribution in [0.15, 0.2) is 0 Å². The Morgan fingerprint density at radius 2 is 1.69 bits per heavy atom. The highest BCUT2D eigenvalue weighted by Gasteiger charge is 2.48. The monoisotopic (exact) mass is 390 g/mol. The minimum absolute atomic E-state index is 0.160. The summed E-state index contributed by atoms with van der Waals surface area (Å²) in [6.45, 7) is 12.2. The van der Waals surface area contributed by atoms with Crippen LogP contribution in [0.3, 0.4) is 0 Å². The number of hydrogen-bond donors (Lipinski definition) is 0. The molecule has 0 aromatic carbocycles. The number of likely N-dealkylation sites (N-methyl/N-ethyl adjacent to an activating group) is 1. The molecule has 0 radical (unpaired) electrons. The van der Waals surface area contributed by atoms with Gasteiger partial charge >= 0.3 is 6.09 Å². The van der Waals surface area contributed by atoms with Crippen LogP contribution in [0.1, 0.15) is 60.8 Å². The van der Waals surface area contributed by atoms with Crippen molar-refractivity contribution >= 4 is 16.1 Å². The molecule has 1 spiro atoms. The summed E-state index contributed by atoms with van der Waals surface area (Å²) in [5.41, 5.74) is -0.851. The summed E-state index contributed by atoms with van der Waals surface area (Å²) >= 11 is 0. The molecule has 0 aromatic rings. The zero-order valence-electron chi connectivity index (χ0n) is 17.2. The molecular formula is C18H34N2O5S. The van der Waals surface area contributed by atoms with Crippen LogP contribution in [0.5, 0.6) is 0 Å². The van der Waals surface area contributed by atoms with Crippen LogP contribution in [0.2, 0.25) is 0 Å². The van der Waals surface area contributed by atoms with Gasteiger partial charge in [-0.05, 0) is 60.8 Å². The molecule has 2 heterocycles. The van der Waals surface area contributed by atoms with Gasteiger partial charge in [0.2, 0.25) is 10.0 Å². The van der Waals surface area contributed by atoms with Gasteiger partial charge in [-0.25, -0.2) is 13.2 Å². The minimum Gasteiger partial charge on any atom is -0.444 e. The predicted octanol–water partition coefficient (Wildman–Crippen LogP) is 2.61. The van der Waals surface area contributed by atoms with E-state index in [0.717, 1.165) is 0 Å². The summed E-state index contributed by atoms with van der Waals surface area (Å²) in [4.78, 5) is 13.9. The van der Waals surface area contributed by atoms with Crippen LogP contribution in [-0.4, -0.2) is 72.5 Å². The number of hydrogen-bond acceptors (Lipinski definition) is 5. The molecule has 1 amide bonds. The molecule has 152 valence electrons. The molecule has 0 unspecified atom stereocenters. The highest BCUT2D eigenvalue weighted by Crippen LogP contribution is 2.39. The third-order valence-electron chi connectivity index (χ3n) is 5.18. The lowest BCUT2D eigenvalue weighted by Crippen LogP contribution is -2.49. The Balaban J connectivity index is 1.96. The zero-order chi connectivity index (χ0) is 20.0. The number of amides is 1. The molecular weight excluding hydrogens is 356 g/mol. The number of sulfonamides is 1. The van der Waals surface area contributed by atoms with Crippen molar-refractivity contribution in [3.8, 4) is 0 Å². The standard InChI is InChI=1S/C18H34N2O5S/c1-16(2,3)25-15(21)20-10-8-18(9-11-20)12-14(13-24-18)19(7)26(22,23)17(4,5)6/h14H,8-13H2,1-7H3/t14-/m1/s1. The third-order valence-corrected chi connectivity index (χ3v) is 7.79. The Labute approximate surface area is 158 Å². The Morgan fingerprint density at radius 1 is 1.15 bits per heavy atom. The fraction of sp³-hybridized carbons (Fsp3) is 0.944. The fourth-order valence-corrected chi connectivity index (χ4v) is 4.85. The number of rotatable bonds is 2. The Morgan fingerprint density at radius 3 is 2.15 bits per heavy atom. The van der Waals surface area contributed by atoms with Crippen LogP contribution >= 0.6 is 0 Å². The molecule has 2 rings (SSSR count). The highest BCUT2D eigenvalue weighted by atomic mass is 32.2. The lowest BCUT2D eigenvalue weighted by molar-refractivity contribution is -0.0487. The fourth-order valence-electron chi connectivity index (χ4n) is 3.45. The van der Waals surface area contributed by atoms with E-state index in [9.17, 15) is 13.2 Å². The van der Waals surface area contributed by atoms with E-state index in [1.54, 1.807) is 32.7 Å². The van der Waals surface area contributed by atoms with Crippen LogP contribution < -0.4 is 0 Å². The van der Waals surface area contributed by atoms with Crippen LogP contribution in [-0.2, 0) is 19.5 Å². The van der Waals surface area contributed by atoms with E-state index in [4.69, 9.17) is 9.47 Å². The van der Waals surface area contributed by atoms with Gasteiger partial charge in [0.25, 0.3) is 0 Å². The molecule has 8 heteroatoms. The number of piperidine rings is 1.